The summed E-state index contributed by atoms with van der Waals surface area (Å²) in [6.45, 7) is 2.46. The van der Waals surface area contributed by atoms with Gasteiger partial charge in [0.15, 0.2) is 0 Å². The fourth-order valence-electron chi connectivity index (χ4n) is 2.10. The molecule has 0 radical (unpaired) electrons. The van der Waals surface area contributed by atoms with E-state index >= 15 is 0 Å². The van der Waals surface area contributed by atoms with Crippen molar-refractivity contribution in [3.63, 3.8) is 0 Å². The average Bonchev–Trinajstić information content (AvgIpc) is 2.38. The second-order valence-corrected chi connectivity index (χ2v) is 6.49. The minimum absolute atomic E-state index is 0.000981. The van der Waals surface area contributed by atoms with Crippen molar-refractivity contribution in [1.29, 1.82) is 0 Å². The first-order valence-corrected chi connectivity index (χ1v) is 7.88. The summed E-state index contributed by atoms with van der Waals surface area (Å²) in [5.41, 5.74) is 0.715. The van der Waals surface area contributed by atoms with Crippen LogP contribution in [0.2, 0.25) is 0 Å². The molecule has 2 rings (SSSR count). The summed E-state index contributed by atoms with van der Waals surface area (Å²) >= 11 is 0. The predicted octanol–water partition coefficient (Wildman–Crippen LogP) is 0.501. The lowest BCUT2D eigenvalue weighted by Crippen LogP contribution is -2.38. The van der Waals surface area contributed by atoms with E-state index in [4.69, 9.17) is 0 Å². The van der Waals surface area contributed by atoms with Crippen LogP contribution in [-0.4, -0.2) is 33.0 Å². The minimum atomic E-state index is -3.25. The second-order valence-electron chi connectivity index (χ2n) is 4.68. The lowest BCUT2D eigenvalue weighted by atomic mass is 10.0. The maximum Gasteiger partial charge on any atom is 0.215 e. The minimum Gasteiger partial charge on any atom is -0.316 e. The molecule has 6 heteroatoms. The molecule has 1 saturated heterocycles. The number of nitrogens with one attached hydrogen (secondary N) is 2. The highest BCUT2D eigenvalue weighted by Gasteiger charge is 2.17. The molecule has 0 aliphatic carbocycles. The third-order valence-electron chi connectivity index (χ3n) is 3.07. The van der Waals surface area contributed by atoms with E-state index in [0.29, 0.717) is 18.0 Å². The Hall–Kier alpha value is -0.980. The van der Waals surface area contributed by atoms with Crippen molar-refractivity contribution in [2.75, 3.05) is 19.6 Å². The Bertz CT molecular complexity index is 455. The Morgan fingerprint density at radius 2 is 2.39 bits per heavy atom. The van der Waals surface area contributed by atoms with Crippen LogP contribution >= 0.6 is 0 Å². The van der Waals surface area contributed by atoms with Crippen LogP contribution in [-0.2, 0) is 15.8 Å². The van der Waals surface area contributed by atoms with Crippen molar-refractivity contribution in [3.05, 3.63) is 30.1 Å². The first kappa shape index (κ1) is 13.5. The highest BCUT2D eigenvalue weighted by atomic mass is 32.2. The molecule has 2 N–H and O–H groups in total. The largest absolute Gasteiger partial charge is 0.316 e. The summed E-state index contributed by atoms with van der Waals surface area (Å²) < 4.78 is 26.4. The van der Waals surface area contributed by atoms with Gasteiger partial charge in [-0.3, -0.25) is 4.98 Å². The lowest BCUT2D eigenvalue weighted by Gasteiger charge is -2.22. The van der Waals surface area contributed by atoms with Gasteiger partial charge in [-0.25, -0.2) is 13.1 Å². The number of pyridine rings is 1. The summed E-state index contributed by atoms with van der Waals surface area (Å²) in [6.07, 6.45) is 5.43. The Kier molecular flexibility index (Phi) is 4.68. The number of piperidine rings is 1. The summed E-state index contributed by atoms with van der Waals surface area (Å²) in [5, 5.41) is 3.28. The number of hydrogen-bond donors (Lipinski definition) is 2. The quantitative estimate of drug-likeness (QED) is 0.816. The smallest absolute Gasteiger partial charge is 0.215 e. The maximum atomic E-state index is 11.9. The highest BCUT2D eigenvalue weighted by molar-refractivity contribution is 7.88. The van der Waals surface area contributed by atoms with Gasteiger partial charge in [-0.15, -0.1) is 0 Å². The Morgan fingerprint density at radius 1 is 1.50 bits per heavy atom. The third-order valence-corrected chi connectivity index (χ3v) is 4.39. The van der Waals surface area contributed by atoms with Gasteiger partial charge in [0.05, 0.1) is 5.75 Å². The molecule has 5 nitrogen and oxygen atoms in total. The van der Waals surface area contributed by atoms with E-state index in [1.54, 1.807) is 24.5 Å². The maximum absolute atomic E-state index is 11.9. The molecule has 2 heterocycles. The van der Waals surface area contributed by atoms with E-state index in [1.165, 1.54) is 0 Å². The van der Waals surface area contributed by atoms with Crippen LogP contribution < -0.4 is 10.0 Å². The number of aromatic nitrogens is 1. The van der Waals surface area contributed by atoms with Gasteiger partial charge in [-0.05, 0) is 43.5 Å². The predicted molar refractivity (Wildman–Crippen MR) is 70.5 cm³/mol. The van der Waals surface area contributed by atoms with Crippen molar-refractivity contribution in [2.24, 2.45) is 5.92 Å². The van der Waals surface area contributed by atoms with E-state index in [0.717, 1.165) is 25.9 Å². The molecular weight excluding hydrogens is 250 g/mol. The van der Waals surface area contributed by atoms with Crippen LogP contribution in [0.5, 0.6) is 0 Å². The topological polar surface area (TPSA) is 71.1 Å². The van der Waals surface area contributed by atoms with Crippen LogP contribution in [0.25, 0.3) is 0 Å². The monoisotopic (exact) mass is 269 g/mol. The van der Waals surface area contributed by atoms with Crippen LogP contribution in [0, 0.1) is 5.92 Å². The Balaban J connectivity index is 1.83. The highest BCUT2D eigenvalue weighted by Crippen LogP contribution is 2.09. The van der Waals surface area contributed by atoms with E-state index in [9.17, 15) is 8.42 Å². The molecule has 1 atom stereocenters. The molecule has 0 unspecified atom stereocenters. The molecule has 0 saturated carbocycles. The summed E-state index contributed by atoms with van der Waals surface area (Å²) in [5.74, 6) is 0.406. The van der Waals surface area contributed by atoms with Gasteiger partial charge in [0.1, 0.15) is 0 Å². The zero-order valence-electron chi connectivity index (χ0n) is 10.3. The zero-order chi connectivity index (χ0) is 12.8. The van der Waals surface area contributed by atoms with Crippen LogP contribution in [0.1, 0.15) is 18.4 Å². The first-order valence-electron chi connectivity index (χ1n) is 6.23. The summed E-state index contributed by atoms with van der Waals surface area (Å²) in [7, 11) is -3.25. The van der Waals surface area contributed by atoms with Gasteiger partial charge in [-0.2, -0.15) is 0 Å². The summed E-state index contributed by atoms with van der Waals surface area (Å²) in [4.78, 5) is 3.92. The molecule has 100 valence electrons. The number of sulfonamides is 1. The number of nitrogens with zero attached hydrogens (tertiary/aromatic N) is 1. The van der Waals surface area contributed by atoms with Gasteiger partial charge in [0.25, 0.3) is 0 Å². The van der Waals surface area contributed by atoms with Crippen LogP contribution in [0.4, 0.5) is 0 Å². The molecule has 18 heavy (non-hydrogen) atoms. The fraction of sp³-hybridized carbons (Fsp3) is 0.583. The molecule has 1 aliphatic rings. The zero-order valence-corrected chi connectivity index (χ0v) is 11.1. The van der Waals surface area contributed by atoms with Crippen molar-refractivity contribution < 1.29 is 8.42 Å². The Morgan fingerprint density at radius 3 is 3.06 bits per heavy atom. The standard InChI is InChI=1S/C12H19N3O2S/c16-18(17,10-12-4-2-6-14-8-12)15-9-11-3-1-5-13-7-11/h2,4,6,8,11,13,15H,1,3,5,7,9-10H2/t11-/m1/s1. The molecule has 0 bridgehead atoms. The van der Waals surface area contributed by atoms with Gasteiger partial charge in [0.2, 0.25) is 10.0 Å². The summed E-state index contributed by atoms with van der Waals surface area (Å²) in [6, 6.07) is 3.52. The van der Waals surface area contributed by atoms with Crippen molar-refractivity contribution in [1.82, 2.24) is 15.0 Å². The van der Waals surface area contributed by atoms with Gasteiger partial charge >= 0.3 is 0 Å². The van der Waals surface area contributed by atoms with Crippen molar-refractivity contribution in [2.45, 2.75) is 18.6 Å². The normalized spacial score (nSPS) is 20.8. The molecule has 1 aromatic heterocycles. The Labute approximate surface area is 108 Å². The molecule has 0 amide bonds. The molecule has 1 fully saturated rings. The van der Waals surface area contributed by atoms with Crippen LogP contribution in [0.15, 0.2) is 24.5 Å². The van der Waals surface area contributed by atoms with E-state index < -0.39 is 10.0 Å². The molecule has 0 aromatic carbocycles. The SMILES string of the molecule is O=S(=O)(Cc1cccnc1)NC[C@@H]1CCCNC1. The lowest BCUT2D eigenvalue weighted by molar-refractivity contribution is 0.376. The van der Waals surface area contributed by atoms with Gasteiger partial charge < -0.3 is 5.32 Å². The van der Waals surface area contributed by atoms with E-state index in [2.05, 4.69) is 15.0 Å². The molecule has 1 aromatic rings. The van der Waals surface area contributed by atoms with E-state index in [1.807, 2.05) is 0 Å². The fourth-order valence-corrected chi connectivity index (χ4v) is 3.30. The third kappa shape index (κ3) is 4.36. The second kappa shape index (κ2) is 6.26. The van der Waals surface area contributed by atoms with Gasteiger partial charge in [0, 0.05) is 18.9 Å². The number of hydrogen-bond acceptors (Lipinski definition) is 4. The van der Waals surface area contributed by atoms with Gasteiger partial charge in [-0.1, -0.05) is 6.07 Å². The van der Waals surface area contributed by atoms with E-state index in [-0.39, 0.29) is 5.75 Å². The molecular formula is C12H19N3O2S. The van der Waals surface area contributed by atoms with Crippen molar-refractivity contribution >= 4 is 10.0 Å². The van der Waals surface area contributed by atoms with Crippen molar-refractivity contribution in [3.8, 4) is 0 Å². The molecule has 0 spiro atoms. The number of rotatable bonds is 5. The molecule has 1 aliphatic heterocycles. The van der Waals surface area contributed by atoms with Crippen LogP contribution in [0.3, 0.4) is 0 Å². The average molecular weight is 269 g/mol. The first-order chi connectivity index (χ1) is 8.66.